The Morgan fingerprint density at radius 1 is 1.30 bits per heavy atom. The van der Waals surface area contributed by atoms with Crippen LogP contribution in [0.25, 0.3) is 16.5 Å². The number of ether oxygens (including phenoxy) is 1. The van der Waals surface area contributed by atoms with Crippen LogP contribution in [0, 0.1) is 11.3 Å². The topological polar surface area (TPSA) is 50.1 Å². The zero-order valence-electron chi connectivity index (χ0n) is 10.6. The number of carbonyl (C=O) groups is 1. The van der Waals surface area contributed by atoms with Gasteiger partial charge < -0.3 is 4.74 Å². The summed E-state index contributed by atoms with van der Waals surface area (Å²) >= 11 is 4.91. The van der Waals surface area contributed by atoms with Crippen LogP contribution in [-0.4, -0.2) is 13.1 Å². The van der Waals surface area contributed by atoms with E-state index in [-0.39, 0.29) is 5.57 Å². The summed E-state index contributed by atoms with van der Waals surface area (Å²) in [6, 6.07) is 13.6. The Morgan fingerprint density at radius 2 is 2.00 bits per heavy atom. The average Bonchev–Trinajstić information content (AvgIpc) is 2.93. The molecular formula is C15H10BrNO2S. The summed E-state index contributed by atoms with van der Waals surface area (Å²) in [6.45, 7) is 0. The Bertz CT molecular complexity index is 695. The Balaban J connectivity index is 2.29. The van der Waals surface area contributed by atoms with Crippen molar-refractivity contribution in [3.63, 3.8) is 0 Å². The second-order valence-corrected chi connectivity index (χ2v) is 5.90. The first-order valence-corrected chi connectivity index (χ1v) is 7.31. The van der Waals surface area contributed by atoms with Crippen molar-refractivity contribution in [2.75, 3.05) is 7.11 Å². The predicted molar refractivity (Wildman–Crippen MR) is 83.1 cm³/mol. The van der Waals surface area contributed by atoms with Crippen molar-refractivity contribution in [2.24, 2.45) is 0 Å². The zero-order chi connectivity index (χ0) is 14.5. The van der Waals surface area contributed by atoms with Crippen LogP contribution in [0.5, 0.6) is 0 Å². The molecule has 0 aliphatic carbocycles. The van der Waals surface area contributed by atoms with Crippen LogP contribution in [0.1, 0.15) is 4.88 Å². The van der Waals surface area contributed by atoms with E-state index in [1.807, 2.05) is 42.5 Å². The number of halogens is 1. The Hall–Kier alpha value is -1.90. The SMILES string of the molecule is COC(=O)/C(C#N)=C/c1ccc(-c2ccc(Br)cc2)s1. The van der Waals surface area contributed by atoms with E-state index in [1.54, 1.807) is 6.08 Å². The third-order valence-corrected chi connectivity index (χ3v) is 4.18. The van der Waals surface area contributed by atoms with Crippen molar-refractivity contribution < 1.29 is 9.53 Å². The maximum Gasteiger partial charge on any atom is 0.348 e. The lowest BCUT2D eigenvalue weighted by Gasteiger charge is -1.97. The number of methoxy groups -OCH3 is 1. The molecule has 0 amide bonds. The first-order chi connectivity index (χ1) is 9.63. The summed E-state index contributed by atoms with van der Waals surface area (Å²) < 4.78 is 5.57. The van der Waals surface area contributed by atoms with Gasteiger partial charge in [0, 0.05) is 14.2 Å². The Kier molecular flexibility index (Phi) is 4.72. The quantitative estimate of drug-likeness (QED) is 0.473. The van der Waals surface area contributed by atoms with Crippen molar-refractivity contribution in [1.82, 2.24) is 0 Å². The van der Waals surface area contributed by atoms with E-state index in [1.165, 1.54) is 18.4 Å². The highest BCUT2D eigenvalue weighted by Gasteiger charge is 2.09. The number of thiophene rings is 1. The minimum absolute atomic E-state index is 0.00305. The number of nitriles is 1. The molecule has 0 saturated heterocycles. The lowest BCUT2D eigenvalue weighted by atomic mass is 10.2. The highest BCUT2D eigenvalue weighted by atomic mass is 79.9. The van der Waals surface area contributed by atoms with Gasteiger partial charge in [-0.1, -0.05) is 28.1 Å². The fourth-order valence-corrected chi connectivity index (χ4v) is 2.81. The van der Waals surface area contributed by atoms with Crippen LogP contribution < -0.4 is 0 Å². The number of nitrogens with zero attached hydrogens (tertiary/aromatic N) is 1. The molecule has 100 valence electrons. The minimum atomic E-state index is -0.619. The highest BCUT2D eigenvalue weighted by Crippen LogP contribution is 2.30. The molecule has 3 nitrogen and oxygen atoms in total. The lowest BCUT2D eigenvalue weighted by molar-refractivity contribution is -0.135. The van der Waals surface area contributed by atoms with E-state index in [0.29, 0.717) is 0 Å². The van der Waals surface area contributed by atoms with Crippen LogP contribution >= 0.6 is 27.3 Å². The van der Waals surface area contributed by atoms with Gasteiger partial charge in [0.2, 0.25) is 0 Å². The molecule has 0 bridgehead atoms. The molecule has 2 rings (SSSR count). The van der Waals surface area contributed by atoms with Crippen LogP contribution in [0.15, 0.2) is 46.4 Å². The molecule has 5 heteroatoms. The largest absolute Gasteiger partial charge is 0.465 e. The number of hydrogen-bond acceptors (Lipinski definition) is 4. The van der Waals surface area contributed by atoms with Gasteiger partial charge in [-0.25, -0.2) is 4.79 Å². The van der Waals surface area contributed by atoms with E-state index in [9.17, 15) is 4.79 Å². The first kappa shape index (κ1) is 14.5. The normalized spacial score (nSPS) is 10.9. The number of esters is 1. The van der Waals surface area contributed by atoms with E-state index in [0.717, 1.165) is 19.8 Å². The summed E-state index contributed by atoms with van der Waals surface area (Å²) in [5.74, 6) is -0.619. The molecule has 20 heavy (non-hydrogen) atoms. The number of benzene rings is 1. The van der Waals surface area contributed by atoms with Crippen molar-refractivity contribution in [2.45, 2.75) is 0 Å². The zero-order valence-corrected chi connectivity index (χ0v) is 13.0. The standard InChI is InChI=1S/C15H10BrNO2S/c1-19-15(18)11(9-17)8-13-6-7-14(20-13)10-2-4-12(16)5-3-10/h2-8H,1H3/b11-8+. The molecule has 1 heterocycles. The molecule has 0 saturated carbocycles. The van der Waals surface area contributed by atoms with Gasteiger partial charge >= 0.3 is 5.97 Å². The molecule has 0 aliphatic heterocycles. The van der Waals surface area contributed by atoms with Gasteiger partial charge in [0.15, 0.2) is 0 Å². The Morgan fingerprint density at radius 3 is 2.60 bits per heavy atom. The number of rotatable bonds is 3. The van der Waals surface area contributed by atoms with Crippen LogP contribution in [-0.2, 0) is 9.53 Å². The summed E-state index contributed by atoms with van der Waals surface area (Å²) in [5.41, 5.74) is 1.09. The fourth-order valence-electron chi connectivity index (χ4n) is 1.59. The van der Waals surface area contributed by atoms with E-state index in [4.69, 9.17) is 5.26 Å². The molecule has 0 radical (unpaired) electrons. The third kappa shape index (κ3) is 3.35. The van der Waals surface area contributed by atoms with Gasteiger partial charge in [0.1, 0.15) is 11.6 Å². The maximum atomic E-state index is 11.3. The maximum absolute atomic E-state index is 11.3. The first-order valence-electron chi connectivity index (χ1n) is 5.70. The molecule has 0 spiro atoms. The lowest BCUT2D eigenvalue weighted by Crippen LogP contribution is -2.02. The summed E-state index contributed by atoms with van der Waals surface area (Å²) in [6.07, 6.45) is 1.54. The van der Waals surface area contributed by atoms with Gasteiger partial charge in [-0.15, -0.1) is 11.3 Å². The fraction of sp³-hybridized carbons (Fsp3) is 0.0667. The van der Waals surface area contributed by atoms with E-state index < -0.39 is 5.97 Å². The molecule has 0 atom stereocenters. The van der Waals surface area contributed by atoms with Gasteiger partial charge in [-0.2, -0.15) is 5.26 Å². The predicted octanol–water partition coefficient (Wildman–Crippen LogP) is 4.26. The monoisotopic (exact) mass is 347 g/mol. The van der Waals surface area contributed by atoms with Crippen molar-refractivity contribution in [3.8, 4) is 16.5 Å². The summed E-state index contributed by atoms with van der Waals surface area (Å²) in [7, 11) is 1.26. The average molecular weight is 348 g/mol. The van der Waals surface area contributed by atoms with Crippen molar-refractivity contribution in [1.29, 1.82) is 5.26 Å². The Labute approximate surface area is 129 Å². The summed E-state index contributed by atoms with van der Waals surface area (Å²) in [4.78, 5) is 13.3. The van der Waals surface area contributed by atoms with Crippen molar-refractivity contribution >= 4 is 39.3 Å². The van der Waals surface area contributed by atoms with Gasteiger partial charge in [-0.3, -0.25) is 0 Å². The highest BCUT2D eigenvalue weighted by molar-refractivity contribution is 9.10. The second kappa shape index (κ2) is 6.51. The minimum Gasteiger partial charge on any atom is -0.465 e. The number of hydrogen-bond donors (Lipinski definition) is 0. The molecule has 1 aromatic carbocycles. The molecule has 0 N–H and O–H groups in total. The summed E-state index contributed by atoms with van der Waals surface area (Å²) in [5, 5.41) is 8.92. The molecule has 0 unspecified atom stereocenters. The van der Waals surface area contributed by atoms with Crippen molar-refractivity contribution in [3.05, 3.63) is 51.3 Å². The third-order valence-electron chi connectivity index (χ3n) is 2.57. The van der Waals surface area contributed by atoms with Crippen LogP contribution in [0.3, 0.4) is 0 Å². The molecule has 2 aromatic rings. The molecule has 0 fully saturated rings. The van der Waals surface area contributed by atoms with Crippen LogP contribution in [0.4, 0.5) is 0 Å². The van der Waals surface area contributed by atoms with Gasteiger partial charge in [0.05, 0.1) is 7.11 Å². The molecule has 0 aliphatic rings. The smallest absolute Gasteiger partial charge is 0.348 e. The van der Waals surface area contributed by atoms with Gasteiger partial charge in [-0.05, 0) is 35.9 Å². The van der Waals surface area contributed by atoms with E-state index >= 15 is 0 Å². The second-order valence-electron chi connectivity index (χ2n) is 3.87. The molecular weight excluding hydrogens is 338 g/mol. The number of carbonyl (C=O) groups excluding carboxylic acids is 1. The van der Waals surface area contributed by atoms with E-state index in [2.05, 4.69) is 20.7 Å². The molecule has 1 aromatic heterocycles. The van der Waals surface area contributed by atoms with Crippen LogP contribution in [0.2, 0.25) is 0 Å². The van der Waals surface area contributed by atoms with Gasteiger partial charge in [0.25, 0.3) is 0 Å².